The molecule has 1 fully saturated rings. The van der Waals surface area contributed by atoms with Crippen LogP contribution < -0.4 is 10.2 Å². The molecule has 0 spiro atoms. The summed E-state index contributed by atoms with van der Waals surface area (Å²) in [4.78, 5) is 37.6. The summed E-state index contributed by atoms with van der Waals surface area (Å²) in [7, 11) is 0. The van der Waals surface area contributed by atoms with Crippen LogP contribution in [-0.4, -0.2) is 52.9 Å². The number of pyridine rings is 1. The highest BCUT2D eigenvalue weighted by atomic mass is 16.2. The minimum Gasteiger partial charge on any atom is -0.345 e. The van der Waals surface area contributed by atoms with Crippen molar-refractivity contribution in [3.63, 3.8) is 0 Å². The molecular weight excluding hydrogens is 402 g/mol. The van der Waals surface area contributed by atoms with Crippen LogP contribution >= 0.6 is 0 Å². The van der Waals surface area contributed by atoms with Gasteiger partial charge in [-0.15, -0.1) is 0 Å². The molecular formula is C25H27N5O2. The van der Waals surface area contributed by atoms with Crippen molar-refractivity contribution >= 4 is 34.6 Å². The lowest BCUT2D eigenvalue weighted by Crippen LogP contribution is -2.40. The smallest absolute Gasteiger partial charge is 0.249 e. The Hall–Kier alpha value is -3.45. The number of aromatic nitrogens is 2. The number of nitrogens with one attached hydrogen (secondary N) is 2. The molecule has 1 saturated heterocycles. The number of amides is 2. The van der Waals surface area contributed by atoms with Crippen LogP contribution in [0.25, 0.3) is 17.1 Å². The molecule has 2 aliphatic rings. The lowest BCUT2D eigenvalue weighted by atomic mass is 10.0. The summed E-state index contributed by atoms with van der Waals surface area (Å²) in [5.41, 5.74) is 3.99. The molecule has 0 aliphatic carbocycles. The molecule has 0 radical (unpaired) electrons. The largest absolute Gasteiger partial charge is 0.345 e. The van der Waals surface area contributed by atoms with Crippen LogP contribution in [0.3, 0.4) is 0 Å². The quantitative estimate of drug-likeness (QED) is 0.652. The molecule has 164 valence electrons. The normalized spacial score (nSPS) is 17.2. The Morgan fingerprint density at radius 1 is 1.16 bits per heavy atom. The zero-order valence-corrected chi connectivity index (χ0v) is 18.2. The third-order valence-electron chi connectivity index (χ3n) is 6.35. The Kier molecular flexibility index (Phi) is 5.49. The van der Waals surface area contributed by atoms with Gasteiger partial charge in [-0.3, -0.25) is 9.59 Å². The molecule has 4 heterocycles. The number of anilines is 1. The van der Waals surface area contributed by atoms with E-state index in [2.05, 4.69) is 32.3 Å². The third kappa shape index (κ3) is 3.91. The fourth-order valence-corrected chi connectivity index (χ4v) is 4.70. The average Bonchev–Trinajstić information content (AvgIpc) is 3.42. The molecule has 7 heteroatoms. The van der Waals surface area contributed by atoms with Gasteiger partial charge in [0.05, 0.1) is 18.3 Å². The van der Waals surface area contributed by atoms with Gasteiger partial charge >= 0.3 is 0 Å². The van der Waals surface area contributed by atoms with Gasteiger partial charge in [0.25, 0.3) is 0 Å². The first-order valence-corrected chi connectivity index (χ1v) is 11.1. The number of likely N-dealkylation sites (tertiary alicyclic amines) is 1. The van der Waals surface area contributed by atoms with E-state index in [1.54, 1.807) is 11.1 Å². The maximum Gasteiger partial charge on any atom is 0.249 e. The van der Waals surface area contributed by atoms with Gasteiger partial charge in [0.15, 0.2) is 0 Å². The van der Waals surface area contributed by atoms with Gasteiger partial charge in [-0.25, -0.2) is 4.98 Å². The van der Waals surface area contributed by atoms with E-state index in [9.17, 15) is 9.59 Å². The van der Waals surface area contributed by atoms with Crippen molar-refractivity contribution < 1.29 is 9.59 Å². The van der Waals surface area contributed by atoms with Crippen molar-refractivity contribution in [2.75, 3.05) is 31.1 Å². The second kappa shape index (κ2) is 8.59. The Morgan fingerprint density at radius 3 is 2.69 bits per heavy atom. The highest BCUT2D eigenvalue weighted by molar-refractivity contribution is 6.10. The first kappa shape index (κ1) is 20.5. The Morgan fingerprint density at radius 2 is 1.94 bits per heavy atom. The highest BCUT2D eigenvalue weighted by Gasteiger charge is 2.27. The Balaban J connectivity index is 1.46. The number of carbonyl (C=O) groups excluding carboxylic acids is 2. The van der Waals surface area contributed by atoms with Gasteiger partial charge in [0.2, 0.25) is 11.8 Å². The van der Waals surface area contributed by atoms with E-state index >= 15 is 0 Å². The number of aromatic amines is 1. The fraction of sp³-hybridized carbons (Fsp3) is 0.320. The van der Waals surface area contributed by atoms with Crippen LogP contribution in [0, 0.1) is 0 Å². The SMILES string of the molecule is CC(=O)N1CC(C(=O)N[C@H](CN2CCCC2)c2ccccc2)=Cc2c[nH]c3nccc1c23. The standard InChI is InChI=1S/C25H27N5O2/c1-17(31)30-15-20(13-19-14-27-24-23(19)22(30)9-10-26-24)25(32)28-21(16-29-11-5-6-12-29)18-7-3-2-4-8-18/h2-4,7-10,13-14,21H,5-6,11-12,15-16H2,1H3,(H,26,27)(H,28,32)/t21-/m1/s1. The van der Waals surface area contributed by atoms with E-state index in [4.69, 9.17) is 0 Å². The first-order chi connectivity index (χ1) is 15.6. The van der Waals surface area contributed by atoms with Crippen molar-refractivity contribution in [3.05, 3.63) is 65.5 Å². The maximum atomic E-state index is 13.5. The maximum absolute atomic E-state index is 13.5. The molecule has 0 unspecified atom stereocenters. The predicted molar refractivity (Wildman–Crippen MR) is 125 cm³/mol. The lowest BCUT2D eigenvalue weighted by Gasteiger charge is -2.26. The summed E-state index contributed by atoms with van der Waals surface area (Å²) in [5.74, 6) is -0.263. The number of hydrogen-bond donors (Lipinski definition) is 2. The molecule has 3 aromatic rings. The number of carbonyl (C=O) groups is 2. The molecule has 1 atom stereocenters. The van der Waals surface area contributed by atoms with Crippen molar-refractivity contribution in [2.24, 2.45) is 0 Å². The molecule has 7 nitrogen and oxygen atoms in total. The summed E-state index contributed by atoms with van der Waals surface area (Å²) in [6.45, 7) is 4.64. The Labute approximate surface area is 187 Å². The van der Waals surface area contributed by atoms with Gasteiger partial charge in [-0.1, -0.05) is 30.3 Å². The van der Waals surface area contributed by atoms with Crippen LogP contribution in [0.5, 0.6) is 0 Å². The zero-order chi connectivity index (χ0) is 22.1. The van der Waals surface area contributed by atoms with Crippen molar-refractivity contribution in [2.45, 2.75) is 25.8 Å². The van der Waals surface area contributed by atoms with Crippen LogP contribution in [0.1, 0.15) is 36.9 Å². The molecule has 1 aromatic carbocycles. The van der Waals surface area contributed by atoms with Crippen molar-refractivity contribution in [1.29, 1.82) is 0 Å². The second-order valence-electron chi connectivity index (χ2n) is 8.52. The van der Waals surface area contributed by atoms with E-state index in [0.717, 1.165) is 41.8 Å². The van der Waals surface area contributed by atoms with Crippen molar-refractivity contribution in [1.82, 2.24) is 20.2 Å². The van der Waals surface area contributed by atoms with Gasteiger partial charge in [0, 0.05) is 42.4 Å². The van der Waals surface area contributed by atoms with Crippen LogP contribution in [-0.2, 0) is 9.59 Å². The van der Waals surface area contributed by atoms with E-state index < -0.39 is 0 Å². The van der Waals surface area contributed by atoms with Gasteiger partial charge in [-0.05, 0) is 43.6 Å². The monoisotopic (exact) mass is 429 g/mol. The van der Waals surface area contributed by atoms with E-state index in [0.29, 0.717) is 11.2 Å². The van der Waals surface area contributed by atoms with E-state index in [1.165, 1.54) is 19.8 Å². The number of H-pyrrole nitrogens is 1. The van der Waals surface area contributed by atoms with E-state index in [1.807, 2.05) is 36.5 Å². The predicted octanol–water partition coefficient (Wildman–Crippen LogP) is 3.27. The zero-order valence-electron chi connectivity index (χ0n) is 18.2. The molecule has 2 aromatic heterocycles. The van der Waals surface area contributed by atoms with Gasteiger partial charge in [0.1, 0.15) is 5.65 Å². The molecule has 2 aliphatic heterocycles. The van der Waals surface area contributed by atoms with Crippen LogP contribution in [0.4, 0.5) is 5.69 Å². The molecule has 32 heavy (non-hydrogen) atoms. The van der Waals surface area contributed by atoms with Gasteiger partial charge < -0.3 is 20.1 Å². The third-order valence-corrected chi connectivity index (χ3v) is 6.35. The summed E-state index contributed by atoms with van der Waals surface area (Å²) < 4.78 is 0. The Bertz CT molecular complexity index is 1180. The lowest BCUT2D eigenvalue weighted by molar-refractivity contribution is -0.118. The average molecular weight is 430 g/mol. The van der Waals surface area contributed by atoms with Crippen molar-refractivity contribution in [3.8, 4) is 0 Å². The van der Waals surface area contributed by atoms with Gasteiger partial charge in [-0.2, -0.15) is 0 Å². The molecule has 5 rings (SSSR count). The molecule has 2 N–H and O–H groups in total. The molecule has 0 saturated carbocycles. The molecule has 0 bridgehead atoms. The number of benzene rings is 1. The minimum atomic E-state index is -0.153. The van der Waals surface area contributed by atoms with Crippen LogP contribution in [0.15, 0.2) is 54.4 Å². The number of nitrogens with zero attached hydrogens (tertiary/aromatic N) is 3. The van der Waals surface area contributed by atoms with E-state index in [-0.39, 0.29) is 24.4 Å². The number of rotatable bonds is 5. The fourth-order valence-electron chi connectivity index (χ4n) is 4.70. The summed E-state index contributed by atoms with van der Waals surface area (Å²) >= 11 is 0. The summed E-state index contributed by atoms with van der Waals surface area (Å²) in [5, 5.41) is 4.12. The highest BCUT2D eigenvalue weighted by Crippen LogP contribution is 2.33. The second-order valence-corrected chi connectivity index (χ2v) is 8.52. The topological polar surface area (TPSA) is 81.3 Å². The first-order valence-electron chi connectivity index (χ1n) is 11.1. The molecule has 2 amide bonds. The summed E-state index contributed by atoms with van der Waals surface area (Å²) in [6, 6.07) is 11.8. The summed E-state index contributed by atoms with van der Waals surface area (Å²) in [6.07, 6.45) is 7.80. The van der Waals surface area contributed by atoms with Crippen LogP contribution in [0.2, 0.25) is 0 Å². The number of hydrogen-bond acceptors (Lipinski definition) is 4. The minimum absolute atomic E-state index is 0.109.